The van der Waals surface area contributed by atoms with Gasteiger partial charge in [-0.15, -0.1) is 0 Å². The third-order valence-corrected chi connectivity index (χ3v) is 4.49. The van der Waals surface area contributed by atoms with Gasteiger partial charge in [-0.05, 0) is 18.6 Å². The van der Waals surface area contributed by atoms with Crippen molar-refractivity contribution < 1.29 is 13.2 Å². The maximum atomic E-state index is 11.5. The second-order valence-electron chi connectivity index (χ2n) is 4.25. The van der Waals surface area contributed by atoms with Gasteiger partial charge in [0.25, 0.3) is 0 Å². The summed E-state index contributed by atoms with van der Waals surface area (Å²) in [7, 11) is -2.96. The van der Waals surface area contributed by atoms with E-state index in [-0.39, 0.29) is 23.6 Å². The average molecular weight is 269 g/mol. The van der Waals surface area contributed by atoms with Crippen LogP contribution in [0.2, 0.25) is 0 Å². The number of pyridine rings is 1. The van der Waals surface area contributed by atoms with E-state index in [1.807, 2.05) is 6.07 Å². The second kappa shape index (κ2) is 5.34. The van der Waals surface area contributed by atoms with Crippen molar-refractivity contribution in [2.24, 2.45) is 0 Å². The Labute approximate surface area is 106 Å². The zero-order valence-electron chi connectivity index (χ0n) is 9.80. The normalized spacial score (nSPS) is 21.4. The SMILES string of the molecule is O=C(NCc1ccccn1)N[C@H]1CCS(=O)(=O)C1. The molecule has 98 valence electrons. The van der Waals surface area contributed by atoms with E-state index in [2.05, 4.69) is 15.6 Å². The number of nitrogens with zero attached hydrogens (tertiary/aromatic N) is 1. The number of amides is 2. The van der Waals surface area contributed by atoms with Crippen LogP contribution in [-0.4, -0.2) is 37.0 Å². The second-order valence-corrected chi connectivity index (χ2v) is 6.48. The lowest BCUT2D eigenvalue weighted by atomic mass is 10.3. The molecule has 1 aliphatic rings. The lowest BCUT2D eigenvalue weighted by Gasteiger charge is -2.11. The van der Waals surface area contributed by atoms with Crippen LogP contribution in [0.25, 0.3) is 0 Å². The first-order valence-corrected chi connectivity index (χ1v) is 7.52. The Balaban J connectivity index is 1.76. The van der Waals surface area contributed by atoms with Gasteiger partial charge in [0.2, 0.25) is 0 Å². The zero-order chi connectivity index (χ0) is 13.0. The first-order valence-electron chi connectivity index (χ1n) is 5.70. The molecule has 0 aliphatic carbocycles. The molecule has 0 radical (unpaired) electrons. The van der Waals surface area contributed by atoms with Crippen LogP contribution in [0.5, 0.6) is 0 Å². The summed E-state index contributed by atoms with van der Waals surface area (Å²) >= 11 is 0. The first-order chi connectivity index (χ1) is 8.55. The van der Waals surface area contributed by atoms with E-state index < -0.39 is 9.84 Å². The number of hydrogen-bond acceptors (Lipinski definition) is 4. The molecule has 1 fully saturated rings. The van der Waals surface area contributed by atoms with Crippen molar-refractivity contribution in [2.75, 3.05) is 11.5 Å². The molecule has 1 aliphatic heterocycles. The number of carbonyl (C=O) groups is 1. The summed E-state index contributed by atoms with van der Waals surface area (Å²) in [6.07, 6.45) is 2.14. The fourth-order valence-electron chi connectivity index (χ4n) is 1.82. The Morgan fingerprint density at radius 2 is 2.28 bits per heavy atom. The number of carbonyl (C=O) groups excluding carboxylic acids is 1. The summed E-state index contributed by atoms with van der Waals surface area (Å²) in [4.78, 5) is 15.6. The van der Waals surface area contributed by atoms with E-state index in [1.165, 1.54) is 0 Å². The summed E-state index contributed by atoms with van der Waals surface area (Å²) in [6, 6.07) is 4.81. The van der Waals surface area contributed by atoms with Gasteiger partial charge >= 0.3 is 6.03 Å². The molecule has 0 spiro atoms. The molecule has 0 saturated carbocycles. The van der Waals surface area contributed by atoms with Crippen molar-refractivity contribution in [3.8, 4) is 0 Å². The number of rotatable bonds is 3. The third kappa shape index (κ3) is 3.69. The lowest BCUT2D eigenvalue weighted by molar-refractivity contribution is 0.237. The Bertz CT molecular complexity index is 516. The standard InChI is InChI=1S/C11H15N3O3S/c15-11(13-7-9-3-1-2-5-12-9)14-10-4-6-18(16,17)8-10/h1-3,5,10H,4,6-8H2,(H2,13,14,15)/t10-/m0/s1. The molecule has 7 heteroatoms. The molecule has 1 aromatic heterocycles. The molecule has 1 atom stereocenters. The monoisotopic (exact) mass is 269 g/mol. The molecule has 6 nitrogen and oxygen atoms in total. The number of hydrogen-bond donors (Lipinski definition) is 2. The van der Waals surface area contributed by atoms with E-state index in [9.17, 15) is 13.2 Å². The van der Waals surface area contributed by atoms with Crippen LogP contribution >= 0.6 is 0 Å². The highest BCUT2D eigenvalue weighted by Crippen LogP contribution is 2.10. The zero-order valence-corrected chi connectivity index (χ0v) is 10.6. The van der Waals surface area contributed by atoms with Gasteiger partial charge < -0.3 is 10.6 Å². The number of sulfone groups is 1. The van der Waals surface area contributed by atoms with Gasteiger partial charge in [0.05, 0.1) is 23.7 Å². The molecule has 18 heavy (non-hydrogen) atoms. The molecular weight excluding hydrogens is 254 g/mol. The summed E-state index contributed by atoms with van der Waals surface area (Å²) in [5.41, 5.74) is 0.756. The van der Waals surface area contributed by atoms with Gasteiger partial charge in [-0.2, -0.15) is 0 Å². The fraction of sp³-hybridized carbons (Fsp3) is 0.455. The average Bonchev–Trinajstić information content (AvgIpc) is 2.67. The van der Waals surface area contributed by atoms with Gasteiger partial charge in [-0.25, -0.2) is 13.2 Å². The van der Waals surface area contributed by atoms with Crippen molar-refractivity contribution in [3.05, 3.63) is 30.1 Å². The fourth-order valence-corrected chi connectivity index (χ4v) is 3.49. The number of aromatic nitrogens is 1. The van der Waals surface area contributed by atoms with Gasteiger partial charge in [-0.1, -0.05) is 6.07 Å². The molecule has 0 aromatic carbocycles. The van der Waals surface area contributed by atoms with Crippen molar-refractivity contribution in [3.63, 3.8) is 0 Å². The van der Waals surface area contributed by atoms with E-state index in [0.29, 0.717) is 13.0 Å². The minimum Gasteiger partial charge on any atom is -0.334 e. The van der Waals surface area contributed by atoms with Crippen LogP contribution in [-0.2, 0) is 16.4 Å². The largest absolute Gasteiger partial charge is 0.334 e. The Morgan fingerprint density at radius 3 is 2.89 bits per heavy atom. The molecule has 2 heterocycles. The molecule has 2 N–H and O–H groups in total. The third-order valence-electron chi connectivity index (χ3n) is 2.72. The molecule has 0 bridgehead atoms. The van der Waals surface area contributed by atoms with Crippen LogP contribution in [0.3, 0.4) is 0 Å². The van der Waals surface area contributed by atoms with E-state index in [1.54, 1.807) is 18.3 Å². The van der Waals surface area contributed by atoms with Crippen LogP contribution in [0, 0.1) is 0 Å². The van der Waals surface area contributed by atoms with Crippen molar-refractivity contribution in [1.29, 1.82) is 0 Å². The van der Waals surface area contributed by atoms with Crippen LogP contribution in [0.15, 0.2) is 24.4 Å². The highest BCUT2D eigenvalue weighted by Gasteiger charge is 2.28. The minimum atomic E-state index is -2.96. The Kier molecular flexibility index (Phi) is 3.81. The van der Waals surface area contributed by atoms with Gasteiger partial charge in [0.1, 0.15) is 0 Å². The number of nitrogens with one attached hydrogen (secondary N) is 2. The van der Waals surface area contributed by atoms with E-state index in [0.717, 1.165) is 5.69 Å². The smallest absolute Gasteiger partial charge is 0.315 e. The predicted molar refractivity (Wildman–Crippen MR) is 66.7 cm³/mol. The molecule has 2 amide bonds. The molecule has 0 unspecified atom stereocenters. The minimum absolute atomic E-state index is 0.0318. The van der Waals surface area contributed by atoms with Crippen LogP contribution in [0.1, 0.15) is 12.1 Å². The maximum Gasteiger partial charge on any atom is 0.315 e. The topological polar surface area (TPSA) is 88.2 Å². The summed E-state index contributed by atoms with van der Waals surface area (Å²) in [6.45, 7) is 0.326. The van der Waals surface area contributed by atoms with Crippen LogP contribution in [0.4, 0.5) is 4.79 Å². The van der Waals surface area contributed by atoms with Gasteiger partial charge in [0, 0.05) is 12.2 Å². The van der Waals surface area contributed by atoms with Crippen LogP contribution < -0.4 is 10.6 Å². The summed E-state index contributed by atoms with van der Waals surface area (Å²) < 4.78 is 22.4. The van der Waals surface area contributed by atoms with Crippen molar-refractivity contribution in [2.45, 2.75) is 19.0 Å². The highest BCUT2D eigenvalue weighted by atomic mass is 32.2. The molecule has 1 aromatic rings. The van der Waals surface area contributed by atoms with Gasteiger partial charge in [0.15, 0.2) is 9.84 Å². The molecular formula is C11H15N3O3S. The summed E-state index contributed by atoms with van der Waals surface area (Å²) in [5.74, 6) is 0.183. The van der Waals surface area contributed by atoms with E-state index in [4.69, 9.17) is 0 Å². The Hall–Kier alpha value is -1.63. The van der Waals surface area contributed by atoms with E-state index >= 15 is 0 Å². The predicted octanol–water partition coefficient (Wildman–Crippen LogP) is 0.0679. The summed E-state index contributed by atoms with van der Waals surface area (Å²) in [5, 5.41) is 5.29. The maximum absolute atomic E-state index is 11.5. The molecule has 1 saturated heterocycles. The lowest BCUT2D eigenvalue weighted by Crippen LogP contribution is -2.42. The first kappa shape index (κ1) is 12.8. The van der Waals surface area contributed by atoms with Gasteiger partial charge in [-0.3, -0.25) is 4.98 Å². The molecule has 2 rings (SSSR count). The highest BCUT2D eigenvalue weighted by molar-refractivity contribution is 7.91. The van der Waals surface area contributed by atoms with Crippen molar-refractivity contribution >= 4 is 15.9 Å². The number of urea groups is 1. The Morgan fingerprint density at radius 1 is 1.44 bits per heavy atom. The quantitative estimate of drug-likeness (QED) is 0.812. The van der Waals surface area contributed by atoms with Crippen molar-refractivity contribution in [1.82, 2.24) is 15.6 Å².